The van der Waals surface area contributed by atoms with Gasteiger partial charge < -0.3 is 15.2 Å². The summed E-state index contributed by atoms with van der Waals surface area (Å²) in [4.78, 5) is 16.4. The van der Waals surface area contributed by atoms with Crippen LogP contribution in [0.1, 0.15) is 42.6 Å². The number of aromatic nitrogens is 1. The van der Waals surface area contributed by atoms with Crippen LogP contribution in [0.4, 0.5) is 10.1 Å². The number of halogens is 2. The van der Waals surface area contributed by atoms with Crippen LogP contribution in [0.15, 0.2) is 24.4 Å². The van der Waals surface area contributed by atoms with Gasteiger partial charge in [0.1, 0.15) is 17.7 Å². The minimum absolute atomic E-state index is 0.0166. The highest BCUT2D eigenvalue weighted by Crippen LogP contribution is 2.50. The van der Waals surface area contributed by atoms with E-state index in [0.29, 0.717) is 28.8 Å². The summed E-state index contributed by atoms with van der Waals surface area (Å²) in [5.41, 5.74) is 2.20. The highest BCUT2D eigenvalue weighted by atomic mass is 35.5. The van der Waals surface area contributed by atoms with Crippen molar-refractivity contribution in [3.8, 4) is 5.75 Å². The zero-order valence-electron chi connectivity index (χ0n) is 13.3. The minimum Gasteiger partial charge on any atom is -0.504 e. The van der Waals surface area contributed by atoms with E-state index in [9.17, 15) is 14.3 Å². The molecular formula is C18H14ClFN2O3. The number of nitrogens with one attached hydrogen (secondary N) is 1. The molecule has 2 aliphatic heterocycles. The lowest BCUT2D eigenvalue weighted by Gasteiger charge is -2.12. The summed E-state index contributed by atoms with van der Waals surface area (Å²) >= 11 is 5.93. The molecule has 0 aliphatic carbocycles. The van der Waals surface area contributed by atoms with E-state index in [-0.39, 0.29) is 28.1 Å². The second-order valence-corrected chi connectivity index (χ2v) is 6.33. The third kappa shape index (κ3) is 2.36. The first-order valence-corrected chi connectivity index (χ1v) is 8.29. The number of carbonyl (C=O) groups is 1. The number of anilines is 1. The lowest BCUT2D eigenvalue weighted by molar-refractivity contribution is -0.110. The highest BCUT2D eigenvalue weighted by molar-refractivity contribution is 6.36. The molecule has 1 unspecified atom stereocenters. The molecule has 1 amide bonds. The molecule has 0 spiro atoms. The first-order chi connectivity index (χ1) is 12.0. The maximum Gasteiger partial charge on any atom is 0.260 e. The Morgan fingerprint density at radius 3 is 2.96 bits per heavy atom. The number of fused-ring (bicyclic) bond motifs is 2. The lowest BCUT2D eigenvalue weighted by atomic mass is 9.99. The number of rotatable bonds is 2. The van der Waals surface area contributed by atoms with Crippen LogP contribution in [0.3, 0.4) is 0 Å². The van der Waals surface area contributed by atoms with E-state index in [1.165, 1.54) is 24.4 Å². The van der Waals surface area contributed by atoms with E-state index >= 15 is 0 Å². The van der Waals surface area contributed by atoms with Crippen LogP contribution in [-0.2, 0) is 9.53 Å². The van der Waals surface area contributed by atoms with E-state index < -0.39 is 11.9 Å². The van der Waals surface area contributed by atoms with Gasteiger partial charge in [-0.1, -0.05) is 24.9 Å². The molecule has 128 valence electrons. The van der Waals surface area contributed by atoms with Crippen LogP contribution in [0.25, 0.3) is 11.3 Å². The van der Waals surface area contributed by atoms with Crippen LogP contribution in [0, 0.1) is 5.82 Å². The number of ether oxygens (including phenoxy) is 1. The number of aromatic hydroxyl groups is 1. The molecule has 25 heavy (non-hydrogen) atoms. The summed E-state index contributed by atoms with van der Waals surface area (Å²) in [5.74, 6) is -0.692. The molecule has 3 heterocycles. The molecule has 0 fully saturated rings. The molecule has 7 heteroatoms. The van der Waals surface area contributed by atoms with Crippen molar-refractivity contribution >= 4 is 34.5 Å². The summed E-state index contributed by atoms with van der Waals surface area (Å²) in [7, 11) is 0. The Kier molecular flexibility index (Phi) is 3.65. The largest absolute Gasteiger partial charge is 0.504 e. The van der Waals surface area contributed by atoms with E-state index in [0.717, 1.165) is 6.42 Å². The maximum atomic E-state index is 13.7. The molecule has 0 saturated heterocycles. The molecule has 5 nitrogen and oxygen atoms in total. The second-order valence-electron chi connectivity index (χ2n) is 5.97. The van der Waals surface area contributed by atoms with Gasteiger partial charge in [-0.15, -0.1) is 0 Å². The zero-order valence-corrected chi connectivity index (χ0v) is 14.0. The van der Waals surface area contributed by atoms with Crippen LogP contribution in [0.5, 0.6) is 5.75 Å². The van der Waals surface area contributed by atoms with E-state index in [2.05, 4.69) is 10.3 Å². The van der Waals surface area contributed by atoms with Crippen molar-refractivity contribution in [2.75, 3.05) is 5.32 Å². The highest BCUT2D eigenvalue weighted by Gasteiger charge is 2.38. The van der Waals surface area contributed by atoms with Gasteiger partial charge in [-0.2, -0.15) is 0 Å². The number of hydrogen-bond donors (Lipinski definition) is 2. The van der Waals surface area contributed by atoms with Crippen molar-refractivity contribution in [2.45, 2.75) is 25.9 Å². The smallest absolute Gasteiger partial charge is 0.260 e. The molecule has 2 aliphatic rings. The van der Waals surface area contributed by atoms with Crippen molar-refractivity contribution in [3.63, 3.8) is 0 Å². The molecular weight excluding hydrogens is 347 g/mol. The normalized spacial score (nSPS) is 20.9. The molecule has 2 aromatic rings. The average Bonchev–Trinajstić information content (AvgIpc) is 3.08. The Balaban J connectivity index is 1.97. The van der Waals surface area contributed by atoms with E-state index in [1.54, 1.807) is 0 Å². The van der Waals surface area contributed by atoms with Gasteiger partial charge in [0.25, 0.3) is 5.91 Å². The zero-order chi connectivity index (χ0) is 17.7. The Morgan fingerprint density at radius 1 is 1.40 bits per heavy atom. The van der Waals surface area contributed by atoms with Crippen LogP contribution in [-0.4, -0.2) is 16.0 Å². The standard InChI is InChI=1S/C18H14ClFN2O3/c1-2-3-12-13-10(7-21-17(19)15(13)23)16(25-12)14-9-6-8(20)4-5-11(9)22-18(14)24/h4-7,12,23H,2-3H2,1H3,(H,22,24)/b16-14+. The summed E-state index contributed by atoms with van der Waals surface area (Å²) in [6.07, 6.45) is 2.48. The monoisotopic (exact) mass is 360 g/mol. The molecule has 2 N–H and O–H groups in total. The van der Waals surface area contributed by atoms with Crippen molar-refractivity contribution in [1.82, 2.24) is 4.98 Å². The van der Waals surface area contributed by atoms with Crippen molar-refractivity contribution in [2.24, 2.45) is 0 Å². The predicted octanol–water partition coefficient (Wildman–Crippen LogP) is 4.27. The number of carbonyl (C=O) groups excluding carboxylic acids is 1. The van der Waals surface area contributed by atoms with Gasteiger partial charge in [0.2, 0.25) is 0 Å². The number of pyridine rings is 1. The average molecular weight is 361 g/mol. The Bertz CT molecular complexity index is 942. The van der Waals surface area contributed by atoms with Gasteiger partial charge >= 0.3 is 0 Å². The lowest BCUT2D eigenvalue weighted by Crippen LogP contribution is -2.06. The Morgan fingerprint density at radius 2 is 2.20 bits per heavy atom. The summed E-state index contributed by atoms with van der Waals surface area (Å²) in [6.45, 7) is 1.99. The predicted molar refractivity (Wildman–Crippen MR) is 91.5 cm³/mol. The third-order valence-corrected chi connectivity index (χ3v) is 4.66. The molecule has 0 saturated carbocycles. The fraction of sp³-hybridized carbons (Fsp3) is 0.222. The third-order valence-electron chi connectivity index (χ3n) is 4.38. The SMILES string of the molecule is CCCC1O/C(=C2/C(=O)Nc3ccc(F)cc32)c2cnc(Cl)c(O)c21. The molecule has 1 atom stereocenters. The summed E-state index contributed by atoms with van der Waals surface area (Å²) < 4.78 is 19.7. The maximum absolute atomic E-state index is 13.7. The summed E-state index contributed by atoms with van der Waals surface area (Å²) in [5, 5.41) is 13.0. The van der Waals surface area contributed by atoms with Gasteiger partial charge in [-0.25, -0.2) is 9.37 Å². The minimum atomic E-state index is -0.450. The summed E-state index contributed by atoms with van der Waals surface area (Å²) in [6, 6.07) is 4.07. The van der Waals surface area contributed by atoms with Crippen molar-refractivity contribution < 1.29 is 19.0 Å². The Labute approximate surface area is 148 Å². The van der Waals surface area contributed by atoms with Gasteiger partial charge in [-0.05, 0) is 24.6 Å². The fourth-order valence-corrected chi connectivity index (χ4v) is 3.44. The van der Waals surface area contributed by atoms with Gasteiger partial charge in [-0.3, -0.25) is 4.79 Å². The van der Waals surface area contributed by atoms with Crippen molar-refractivity contribution in [3.05, 3.63) is 52.1 Å². The first kappa shape index (κ1) is 15.9. The topological polar surface area (TPSA) is 71.5 Å². The van der Waals surface area contributed by atoms with Crippen LogP contribution < -0.4 is 5.32 Å². The number of nitrogens with zero attached hydrogens (tertiary/aromatic N) is 1. The quantitative estimate of drug-likeness (QED) is 0.619. The van der Waals surface area contributed by atoms with E-state index in [1.807, 2.05) is 6.92 Å². The van der Waals surface area contributed by atoms with Crippen molar-refractivity contribution in [1.29, 1.82) is 0 Å². The van der Waals surface area contributed by atoms with Gasteiger partial charge in [0, 0.05) is 28.6 Å². The van der Waals surface area contributed by atoms with Gasteiger partial charge in [0.05, 0.1) is 5.57 Å². The molecule has 1 aromatic carbocycles. The second kappa shape index (κ2) is 5.74. The number of benzene rings is 1. The Hall–Kier alpha value is -2.60. The first-order valence-electron chi connectivity index (χ1n) is 7.91. The molecule has 0 radical (unpaired) electrons. The van der Waals surface area contributed by atoms with Crippen LogP contribution in [0.2, 0.25) is 5.15 Å². The fourth-order valence-electron chi connectivity index (χ4n) is 3.29. The van der Waals surface area contributed by atoms with Gasteiger partial charge in [0.15, 0.2) is 10.9 Å². The number of amides is 1. The number of hydrogen-bond acceptors (Lipinski definition) is 4. The molecule has 4 rings (SSSR count). The van der Waals surface area contributed by atoms with E-state index in [4.69, 9.17) is 16.3 Å². The molecule has 1 aromatic heterocycles. The molecule has 0 bridgehead atoms. The van der Waals surface area contributed by atoms with Crippen LogP contribution >= 0.6 is 11.6 Å².